The van der Waals surface area contributed by atoms with Crippen LogP contribution in [0.1, 0.15) is 43.7 Å². The molecule has 0 bridgehead atoms. The molecule has 1 aliphatic rings. The maximum absolute atomic E-state index is 9.93. The number of aliphatic hydroxyl groups is 1. The molecule has 112 valence electrons. The van der Waals surface area contributed by atoms with E-state index < -0.39 is 6.10 Å². The standard InChI is InChI=1S/C17H27NO2/c1-2-3-11-18-12-15(19)13-20-17-10-6-8-14-7-4-5-9-16(14)17/h6,8,10,15,18-19H,2-5,7,9,11-13H2,1H3. The van der Waals surface area contributed by atoms with Gasteiger partial charge in [-0.3, -0.25) is 0 Å². The molecule has 0 aliphatic heterocycles. The van der Waals surface area contributed by atoms with E-state index in [-0.39, 0.29) is 0 Å². The second kappa shape index (κ2) is 8.28. The van der Waals surface area contributed by atoms with Crippen molar-refractivity contribution in [3.8, 4) is 5.75 Å². The molecule has 1 aromatic rings. The molecule has 0 saturated carbocycles. The van der Waals surface area contributed by atoms with Crippen LogP contribution in [0, 0.1) is 0 Å². The molecule has 1 atom stereocenters. The van der Waals surface area contributed by atoms with Gasteiger partial charge in [-0.05, 0) is 55.8 Å². The van der Waals surface area contributed by atoms with Gasteiger partial charge >= 0.3 is 0 Å². The van der Waals surface area contributed by atoms with Gasteiger partial charge < -0.3 is 15.2 Å². The maximum atomic E-state index is 9.93. The third kappa shape index (κ3) is 4.50. The van der Waals surface area contributed by atoms with E-state index >= 15 is 0 Å². The molecular weight excluding hydrogens is 250 g/mol. The third-order valence-corrected chi connectivity index (χ3v) is 3.87. The Morgan fingerprint density at radius 3 is 3.00 bits per heavy atom. The van der Waals surface area contributed by atoms with Crippen LogP contribution in [0.5, 0.6) is 5.75 Å². The quantitative estimate of drug-likeness (QED) is 0.718. The SMILES string of the molecule is CCCCNCC(O)COc1cccc2c1CCCC2. The number of nitrogens with one attached hydrogen (secondary N) is 1. The van der Waals surface area contributed by atoms with Crippen LogP contribution in [-0.4, -0.2) is 30.9 Å². The lowest BCUT2D eigenvalue weighted by molar-refractivity contribution is 0.106. The molecule has 0 fully saturated rings. The lowest BCUT2D eigenvalue weighted by Crippen LogP contribution is -2.32. The average molecular weight is 277 g/mol. The van der Waals surface area contributed by atoms with Crippen LogP contribution in [0.4, 0.5) is 0 Å². The van der Waals surface area contributed by atoms with Gasteiger partial charge in [0.25, 0.3) is 0 Å². The monoisotopic (exact) mass is 277 g/mol. The number of ether oxygens (including phenoxy) is 1. The fraction of sp³-hybridized carbons (Fsp3) is 0.647. The lowest BCUT2D eigenvalue weighted by Gasteiger charge is -2.20. The highest BCUT2D eigenvalue weighted by atomic mass is 16.5. The molecule has 1 aliphatic carbocycles. The molecule has 0 heterocycles. The highest BCUT2D eigenvalue weighted by molar-refractivity contribution is 5.41. The smallest absolute Gasteiger partial charge is 0.122 e. The second-order valence-electron chi connectivity index (χ2n) is 5.62. The summed E-state index contributed by atoms with van der Waals surface area (Å²) in [4.78, 5) is 0. The number of aryl methyl sites for hydroxylation is 1. The number of aliphatic hydroxyl groups excluding tert-OH is 1. The maximum Gasteiger partial charge on any atom is 0.122 e. The number of hydrogen-bond acceptors (Lipinski definition) is 3. The molecule has 20 heavy (non-hydrogen) atoms. The summed E-state index contributed by atoms with van der Waals surface area (Å²) >= 11 is 0. The molecule has 0 aromatic heterocycles. The van der Waals surface area contributed by atoms with Crippen molar-refractivity contribution in [2.24, 2.45) is 0 Å². The molecule has 1 aromatic carbocycles. The number of unbranched alkanes of at least 4 members (excludes halogenated alkanes) is 1. The molecule has 2 N–H and O–H groups in total. The van der Waals surface area contributed by atoms with Gasteiger partial charge in [0.05, 0.1) is 0 Å². The number of benzene rings is 1. The van der Waals surface area contributed by atoms with Crippen LogP contribution in [0.3, 0.4) is 0 Å². The number of hydrogen-bond donors (Lipinski definition) is 2. The minimum Gasteiger partial charge on any atom is -0.491 e. The van der Waals surface area contributed by atoms with Gasteiger partial charge in [0, 0.05) is 6.54 Å². The van der Waals surface area contributed by atoms with Crippen molar-refractivity contribution in [1.29, 1.82) is 0 Å². The van der Waals surface area contributed by atoms with Gasteiger partial charge in [-0.2, -0.15) is 0 Å². The van der Waals surface area contributed by atoms with Crippen LogP contribution >= 0.6 is 0 Å². The summed E-state index contributed by atoms with van der Waals surface area (Å²) in [5.74, 6) is 0.967. The highest BCUT2D eigenvalue weighted by Gasteiger charge is 2.14. The zero-order chi connectivity index (χ0) is 14.2. The summed E-state index contributed by atoms with van der Waals surface area (Å²) in [6.45, 7) is 4.11. The molecule has 0 saturated heterocycles. The van der Waals surface area contributed by atoms with Crippen LogP contribution < -0.4 is 10.1 Å². The van der Waals surface area contributed by atoms with E-state index in [0.717, 1.165) is 31.6 Å². The average Bonchev–Trinajstić information content (AvgIpc) is 2.49. The summed E-state index contributed by atoms with van der Waals surface area (Å²) < 4.78 is 5.83. The van der Waals surface area contributed by atoms with E-state index in [1.807, 2.05) is 6.07 Å². The van der Waals surface area contributed by atoms with Gasteiger partial charge in [-0.1, -0.05) is 25.5 Å². The normalized spacial score (nSPS) is 15.7. The number of fused-ring (bicyclic) bond motifs is 1. The number of rotatable bonds is 8. The first kappa shape index (κ1) is 15.3. The van der Waals surface area contributed by atoms with Crippen LogP contribution in [0.25, 0.3) is 0 Å². The zero-order valence-electron chi connectivity index (χ0n) is 12.5. The van der Waals surface area contributed by atoms with Crippen molar-refractivity contribution in [3.63, 3.8) is 0 Å². The fourth-order valence-corrected chi connectivity index (χ4v) is 2.70. The predicted octanol–water partition coefficient (Wildman–Crippen LogP) is 2.69. The molecule has 3 nitrogen and oxygen atoms in total. The summed E-state index contributed by atoms with van der Waals surface area (Å²) in [5.41, 5.74) is 2.77. The van der Waals surface area contributed by atoms with E-state index in [9.17, 15) is 5.11 Å². The minimum atomic E-state index is -0.439. The second-order valence-corrected chi connectivity index (χ2v) is 5.62. The van der Waals surface area contributed by atoms with Crippen LogP contribution in [0.15, 0.2) is 18.2 Å². The summed E-state index contributed by atoms with van der Waals surface area (Å²) in [6.07, 6.45) is 6.68. The first-order valence-electron chi connectivity index (χ1n) is 7.93. The van der Waals surface area contributed by atoms with Gasteiger partial charge in [0.2, 0.25) is 0 Å². The first-order valence-corrected chi connectivity index (χ1v) is 7.93. The van der Waals surface area contributed by atoms with Crippen molar-refractivity contribution in [2.75, 3.05) is 19.7 Å². The van der Waals surface area contributed by atoms with Gasteiger partial charge in [-0.15, -0.1) is 0 Å². The Morgan fingerprint density at radius 2 is 2.15 bits per heavy atom. The van der Waals surface area contributed by atoms with E-state index in [1.165, 1.54) is 30.4 Å². The summed E-state index contributed by atoms with van der Waals surface area (Å²) in [6, 6.07) is 6.29. The topological polar surface area (TPSA) is 41.5 Å². The van der Waals surface area contributed by atoms with Gasteiger partial charge in [-0.25, -0.2) is 0 Å². The Balaban J connectivity index is 1.79. The summed E-state index contributed by atoms with van der Waals surface area (Å²) in [7, 11) is 0. The van der Waals surface area contributed by atoms with E-state index in [0.29, 0.717) is 13.2 Å². The molecule has 2 rings (SSSR count). The van der Waals surface area contributed by atoms with Crippen molar-refractivity contribution in [1.82, 2.24) is 5.32 Å². The lowest BCUT2D eigenvalue weighted by atomic mass is 9.91. The molecule has 0 spiro atoms. The van der Waals surface area contributed by atoms with Crippen molar-refractivity contribution in [3.05, 3.63) is 29.3 Å². The van der Waals surface area contributed by atoms with Crippen LogP contribution in [-0.2, 0) is 12.8 Å². The van der Waals surface area contributed by atoms with Crippen molar-refractivity contribution < 1.29 is 9.84 Å². The zero-order valence-corrected chi connectivity index (χ0v) is 12.5. The Morgan fingerprint density at radius 1 is 1.30 bits per heavy atom. The fourth-order valence-electron chi connectivity index (χ4n) is 2.70. The van der Waals surface area contributed by atoms with Crippen LogP contribution in [0.2, 0.25) is 0 Å². The molecule has 3 heteroatoms. The Labute approximate surface area is 122 Å². The molecular formula is C17H27NO2. The predicted molar refractivity (Wildman–Crippen MR) is 82.4 cm³/mol. The minimum absolute atomic E-state index is 0.371. The van der Waals surface area contributed by atoms with Gasteiger partial charge in [0.1, 0.15) is 18.5 Å². The van der Waals surface area contributed by atoms with Crippen molar-refractivity contribution in [2.45, 2.75) is 51.6 Å². The highest BCUT2D eigenvalue weighted by Crippen LogP contribution is 2.29. The third-order valence-electron chi connectivity index (χ3n) is 3.87. The Hall–Kier alpha value is -1.06. The van der Waals surface area contributed by atoms with E-state index in [4.69, 9.17) is 4.74 Å². The largest absolute Gasteiger partial charge is 0.491 e. The Kier molecular flexibility index (Phi) is 6.34. The molecule has 1 unspecified atom stereocenters. The van der Waals surface area contributed by atoms with E-state index in [1.54, 1.807) is 0 Å². The van der Waals surface area contributed by atoms with Gasteiger partial charge in [0.15, 0.2) is 0 Å². The van der Waals surface area contributed by atoms with Crippen molar-refractivity contribution >= 4 is 0 Å². The molecule has 0 amide bonds. The molecule has 0 radical (unpaired) electrons. The summed E-state index contributed by atoms with van der Waals surface area (Å²) in [5, 5.41) is 13.2. The Bertz CT molecular complexity index is 406. The van der Waals surface area contributed by atoms with E-state index in [2.05, 4.69) is 24.4 Å². The first-order chi connectivity index (χ1) is 9.81.